The van der Waals surface area contributed by atoms with Crippen LogP contribution in [-0.4, -0.2) is 102 Å². The van der Waals surface area contributed by atoms with Crippen LogP contribution < -0.4 is 5.32 Å². The molecule has 1 aromatic heterocycles. The lowest BCUT2D eigenvalue weighted by Crippen LogP contribution is -2.57. The fraction of sp³-hybridized carbons (Fsp3) is 0.487. The lowest BCUT2D eigenvalue weighted by atomic mass is 9.70. The first-order valence-electron chi connectivity index (χ1n) is 18.2. The van der Waals surface area contributed by atoms with Gasteiger partial charge in [0.05, 0.1) is 29.5 Å². The number of unbranched alkanes of at least 4 members (excludes halogenated alkanes) is 2. The standard InChI is InChI=1S/C39H47BrN6O7/c1-4-6-19-30(48)41-25(3)33(26-15-9-7-10-16-26)52-38(51)31-32-36(49)45(21-13-8-14-22-47)35(39(32)23-27(40)34(31)53-39)37(50)44(20-5-2)24-46-29-18-12-11-17-28(29)42-43-46/h4-5,7,9-12,15-18,25,27,31-35,47H,1-2,6,8,13-14,19-24H2,3H3,(H,41,48)/t25-,27?,31-,32+,33-,34-,35-,39+/m0/s1. The summed E-state index contributed by atoms with van der Waals surface area (Å²) in [6.45, 7) is 9.83. The van der Waals surface area contributed by atoms with Gasteiger partial charge in [-0.05, 0) is 56.7 Å². The fourth-order valence-electron chi connectivity index (χ4n) is 8.16. The molecule has 2 bridgehead atoms. The molecule has 8 atom stereocenters. The average molecular weight is 792 g/mol. The number of amides is 3. The summed E-state index contributed by atoms with van der Waals surface area (Å²) in [5, 5.41) is 20.9. The van der Waals surface area contributed by atoms with Gasteiger partial charge in [0.1, 0.15) is 29.9 Å². The molecule has 2 aromatic carbocycles. The molecule has 0 aliphatic carbocycles. The molecule has 1 unspecified atom stereocenters. The molecule has 13 nitrogen and oxygen atoms in total. The Hall–Kier alpha value is -4.40. The van der Waals surface area contributed by atoms with Crippen molar-refractivity contribution >= 4 is 50.7 Å². The Labute approximate surface area is 317 Å². The van der Waals surface area contributed by atoms with Crippen LogP contribution in [0, 0.1) is 11.8 Å². The number of aliphatic hydroxyl groups excluding tert-OH is 1. The molecule has 282 valence electrons. The molecule has 3 aliphatic rings. The quantitative estimate of drug-likeness (QED) is 0.0840. The van der Waals surface area contributed by atoms with Crippen LogP contribution in [0.3, 0.4) is 0 Å². The van der Waals surface area contributed by atoms with Crippen molar-refractivity contribution in [1.82, 2.24) is 30.1 Å². The number of likely N-dealkylation sites (tertiary alicyclic amines) is 1. The highest BCUT2D eigenvalue weighted by Gasteiger charge is 2.77. The first kappa shape index (κ1) is 38.3. The third kappa shape index (κ3) is 7.54. The topological polar surface area (TPSA) is 156 Å². The number of hydrogen-bond donors (Lipinski definition) is 2. The number of hydrogen-bond acceptors (Lipinski definition) is 9. The van der Waals surface area contributed by atoms with Gasteiger partial charge in [0.25, 0.3) is 0 Å². The Morgan fingerprint density at radius 3 is 2.62 bits per heavy atom. The van der Waals surface area contributed by atoms with Crippen molar-refractivity contribution in [2.75, 3.05) is 19.7 Å². The molecule has 2 N–H and O–H groups in total. The van der Waals surface area contributed by atoms with E-state index in [1.807, 2.05) is 54.6 Å². The van der Waals surface area contributed by atoms with Crippen LogP contribution in [0.5, 0.6) is 0 Å². The molecule has 1 spiro atoms. The molecule has 0 radical (unpaired) electrons. The zero-order valence-corrected chi connectivity index (χ0v) is 31.5. The predicted molar refractivity (Wildman–Crippen MR) is 200 cm³/mol. The Morgan fingerprint density at radius 1 is 1.13 bits per heavy atom. The number of halogens is 1. The Kier molecular flexibility index (Phi) is 12.1. The Balaban J connectivity index is 1.32. The third-order valence-corrected chi connectivity index (χ3v) is 11.4. The van der Waals surface area contributed by atoms with Crippen molar-refractivity contribution in [2.45, 2.75) is 86.8 Å². The summed E-state index contributed by atoms with van der Waals surface area (Å²) in [5.41, 5.74) is 0.793. The number of esters is 1. The number of rotatable bonds is 18. The number of allylic oxidation sites excluding steroid dienone is 1. The highest BCUT2D eigenvalue weighted by atomic mass is 79.9. The Morgan fingerprint density at radius 2 is 1.89 bits per heavy atom. The normalized spacial score (nSPS) is 25.5. The predicted octanol–water partition coefficient (Wildman–Crippen LogP) is 4.07. The lowest BCUT2D eigenvalue weighted by molar-refractivity contribution is -0.162. The van der Waals surface area contributed by atoms with Crippen molar-refractivity contribution in [3.63, 3.8) is 0 Å². The van der Waals surface area contributed by atoms with Gasteiger partial charge in [0, 0.05) is 30.9 Å². The molecule has 3 amide bonds. The van der Waals surface area contributed by atoms with E-state index in [-0.39, 0.29) is 55.3 Å². The van der Waals surface area contributed by atoms with Gasteiger partial charge in [0.15, 0.2) is 0 Å². The minimum absolute atomic E-state index is 0.0154. The number of para-hydroxylation sites is 1. The number of carbonyl (C=O) groups is 4. The lowest BCUT2D eigenvalue weighted by Gasteiger charge is -2.37. The van der Waals surface area contributed by atoms with Crippen LogP contribution >= 0.6 is 15.9 Å². The summed E-state index contributed by atoms with van der Waals surface area (Å²) >= 11 is 3.75. The van der Waals surface area contributed by atoms with Crippen molar-refractivity contribution in [1.29, 1.82) is 0 Å². The number of carbonyl (C=O) groups excluding carboxylic acids is 4. The van der Waals surface area contributed by atoms with Crippen molar-refractivity contribution in [3.05, 3.63) is 85.5 Å². The average Bonchev–Trinajstić information content (AvgIpc) is 3.88. The molecule has 0 saturated carbocycles. The van der Waals surface area contributed by atoms with Crippen LogP contribution in [0.1, 0.15) is 57.1 Å². The summed E-state index contributed by atoms with van der Waals surface area (Å²) in [4.78, 5) is 59.6. The number of nitrogens with zero attached hydrogens (tertiary/aromatic N) is 5. The number of aliphatic hydroxyl groups is 1. The van der Waals surface area contributed by atoms with E-state index >= 15 is 0 Å². The summed E-state index contributed by atoms with van der Waals surface area (Å²) in [6, 6.07) is 15.0. The number of ether oxygens (including phenoxy) is 2. The molecule has 3 aliphatic heterocycles. The molecular weight excluding hydrogens is 744 g/mol. The number of benzene rings is 2. The SMILES string of the molecule is C=CCCC(=O)N[C@@H](C)[C@H](OC(=O)[C@@H]1[C@H]2O[C@@]3(CC2Br)[C@H](C(=O)N(CC=C)Cn2nnc4ccccc42)N(CCCCCO)C(=O)[C@@H]13)c1ccccc1. The maximum Gasteiger partial charge on any atom is 0.313 e. The maximum absolute atomic E-state index is 14.9. The molecule has 6 rings (SSSR count). The smallest absolute Gasteiger partial charge is 0.313 e. The first-order valence-corrected chi connectivity index (χ1v) is 19.1. The molecule has 53 heavy (non-hydrogen) atoms. The number of aromatic nitrogens is 3. The van der Waals surface area contributed by atoms with Gasteiger partial charge in [-0.25, -0.2) is 4.68 Å². The number of alkyl halides is 1. The van der Waals surface area contributed by atoms with E-state index in [4.69, 9.17) is 9.47 Å². The second-order valence-electron chi connectivity index (χ2n) is 14.0. The minimum Gasteiger partial charge on any atom is -0.455 e. The number of nitrogens with one attached hydrogen (secondary N) is 1. The first-order chi connectivity index (χ1) is 25.6. The van der Waals surface area contributed by atoms with Crippen LogP contribution in [0.25, 0.3) is 11.0 Å². The molecule has 3 fully saturated rings. The summed E-state index contributed by atoms with van der Waals surface area (Å²) in [5.74, 6) is -3.53. The zero-order valence-electron chi connectivity index (χ0n) is 29.9. The molecule has 3 aromatic rings. The molecule has 14 heteroatoms. The maximum atomic E-state index is 14.9. The second-order valence-corrected chi connectivity index (χ2v) is 15.2. The van der Waals surface area contributed by atoms with Crippen molar-refractivity contribution in [3.8, 4) is 0 Å². The van der Waals surface area contributed by atoms with E-state index in [0.29, 0.717) is 43.2 Å². The van der Waals surface area contributed by atoms with Crippen LogP contribution in [-0.2, 0) is 35.3 Å². The van der Waals surface area contributed by atoms with E-state index in [9.17, 15) is 24.3 Å². The van der Waals surface area contributed by atoms with E-state index in [0.717, 1.165) is 5.52 Å². The fourth-order valence-corrected chi connectivity index (χ4v) is 9.10. The van der Waals surface area contributed by atoms with Crippen LogP contribution in [0.2, 0.25) is 0 Å². The van der Waals surface area contributed by atoms with Gasteiger partial charge >= 0.3 is 5.97 Å². The van der Waals surface area contributed by atoms with Crippen molar-refractivity contribution in [2.24, 2.45) is 11.8 Å². The third-order valence-electron chi connectivity index (χ3n) is 10.5. The number of fused-ring (bicyclic) bond motifs is 2. The summed E-state index contributed by atoms with van der Waals surface area (Å²) in [6.07, 6.45) is 4.51. The summed E-state index contributed by atoms with van der Waals surface area (Å²) in [7, 11) is 0. The molecule has 4 heterocycles. The van der Waals surface area contributed by atoms with E-state index in [2.05, 4.69) is 44.7 Å². The molecular formula is C39H47BrN6O7. The molecule has 3 saturated heterocycles. The highest BCUT2D eigenvalue weighted by molar-refractivity contribution is 9.09. The van der Waals surface area contributed by atoms with Gasteiger partial charge < -0.3 is 29.7 Å². The monoisotopic (exact) mass is 790 g/mol. The Bertz CT molecular complexity index is 1820. The minimum atomic E-state index is -1.32. The van der Waals surface area contributed by atoms with Gasteiger partial charge in [-0.15, -0.1) is 18.3 Å². The van der Waals surface area contributed by atoms with Crippen molar-refractivity contribution < 1.29 is 33.8 Å². The van der Waals surface area contributed by atoms with Crippen LogP contribution in [0.4, 0.5) is 0 Å². The van der Waals surface area contributed by atoms with Gasteiger partial charge in [0.2, 0.25) is 17.7 Å². The zero-order chi connectivity index (χ0) is 37.7. The van der Waals surface area contributed by atoms with E-state index in [1.54, 1.807) is 33.6 Å². The van der Waals surface area contributed by atoms with Gasteiger partial charge in [-0.1, -0.05) is 75.8 Å². The van der Waals surface area contributed by atoms with Crippen LogP contribution in [0.15, 0.2) is 79.9 Å². The van der Waals surface area contributed by atoms with Gasteiger partial charge in [-0.2, -0.15) is 0 Å². The van der Waals surface area contributed by atoms with Gasteiger partial charge in [-0.3, -0.25) is 19.2 Å². The highest BCUT2D eigenvalue weighted by Crippen LogP contribution is 2.60. The van der Waals surface area contributed by atoms with E-state index < -0.39 is 47.7 Å². The second kappa shape index (κ2) is 16.7. The summed E-state index contributed by atoms with van der Waals surface area (Å²) < 4.78 is 14.7. The van der Waals surface area contributed by atoms with E-state index in [1.165, 1.54) is 0 Å². The largest absolute Gasteiger partial charge is 0.455 e.